The van der Waals surface area contributed by atoms with Crippen LogP contribution in [0.4, 0.5) is 0 Å². The lowest BCUT2D eigenvalue weighted by molar-refractivity contribution is -0.146. The van der Waals surface area contributed by atoms with Gasteiger partial charge in [-0.25, -0.2) is 0 Å². The van der Waals surface area contributed by atoms with E-state index in [-0.39, 0.29) is 17.8 Å². The number of thiophene rings is 1. The van der Waals surface area contributed by atoms with E-state index in [1.165, 1.54) is 18.4 Å². The Bertz CT molecular complexity index is 460. The molecule has 1 fully saturated rings. The Morgan fingerprint density at radius 1 is 1.56 bits per heavy atom. The van der Waals surface area contributed by atoms with E-state index in [0.717, 1.165) is 17.3 Å². The molecule has 18 heavy (non-hydrogen) atoms. The lowest BCUT2D eigenvalue weighted by atomic mass is 9.98. The van der Waals surface area contributed by atoms with E-state index in [4.69, 9.17) is 4.74 Å². The van der Waals surface area contributed by atoms with Crippen LogP contribution in [-0.4, -0.2) is 37.0 Å². The zero-order chi connectivity index (χ0) is 13.1. The van der Waals surface area contributed by atoms with E-state index in [0.29, 0.717) is 18.0 Å². The summed E-state index contributed by atoms with van der Waals surface area (Å²) in [6.07, 6.45) is 1.64. The summed E-state index contributed by atoms with van der Waals surface area (Å²) in [6, 6.07) is 1.86. The van der Waals surface area contributed by atoms with Crippen LogP contribution in [0.3, 0.4) is 0 Å². The van der Waals surface area contributed by atoms with Crippen LogP contribution in [0.1, 0.15) is 22.5 Å². The fourth-order valence-corrected chi connectivity index (χ4v) is 3.62. The second-order valence-corrected chi connectivity index (χ2v) is 5.98. The van der Waals surface area contributed by atoms with Gasteiger partial charge >= 0.3 is 5.97 Å². The smallest absolute Gasteiger partial charge is 0.310 e. The number of hydrogen-bond acceptors (Lipinski definition) is 4. The molecule has 0 aromatic carbocycles. The predicted molar refractivity (Wildman–Crippen MR) is 72.7 cm³/mol. The van der Waals surface area contributed by atoms with Crippen LogP contribution < -0.4 is 0 Å². The van der Waals surface area contributed by atoms with Crippen molar-refractivity contribution in [3.05, 3.63) is 20.8 Å². The fourth-order valence-electron chi connectivity index (χ4n) is 2.11. The van der Waals surface area contributed by atoms with Gasteiger partial charge in [-0.1, -0.05) is 0 Å². The van der Waals surface area contributed by atoms with Gasteiger partial charge in [-0.2, -0.15) is 0 Å². The molecule has 0 N–H and O–H groups in total. The lowest BCUT2D eigenvalue weighted by Crippen LogP contribution is -2.42. The Morgan fingerprint density at radius 2 is 2.33 bits per heavy atom. The van der Waals surface area contributed by atoms with Crippen molar-refractivity contribution in [3.63, 3.8) is 0 Å². The maximum Gasteiger partial charge on any atom is 0.310 e. The fraction of sp³-hybridized carbons (Fsp3) is 0.500. The highest BCUT2D eigenvalue weighted by Gasteiger charge is 2.30. The van der Waals surface area contributed by atoms with Crippen molar-refractivity contribution in [2.75, 3.05) is 20.2 Å². The molecular formula is C12H14BrNO3S. The van der Waals surface area contributed by atoms with E-state index in [9.17, 15) is 9.59 Å². The van der Waals surface area contributed by atoms with Crippen molar-refractivity contribution in [1.82, 2.24) is 4.90 Å². The molecule has 0 aliphatic carbocycles. The molecule has 6 heteroatoms. The number of amides is 1. The van der Waals surface area contributed by atoms with Gasteiger partial charge in [0.05, 0.1) is 13.0 Å². The first-order valence-electron chi connectivity index (χ1n) is 5.73. The predicted octanol–water partition coefficient (Wildman–Crippen LogP) is 2.54. The average molecular weight is 332 g/mol. The second kappa shape index (κ2) is 5.84. The van der Waals surface area contributed by atoms with E-state index in [2.05, 4.69) is 15.9 Å². The Balaban J connectivity index is 2.07. The molecule has 1 atom stereocenters. The quantitative estimate of drug-likeness (QED) is 0.782. The second-order valence-electron chi connectivity index (χ2n) is 4.21. The standard InChI is InChI=1S/C12H14BrNO3S/c1-17-12(16)8-3-2-5-14(7-8)11(15)10-9(13)4-6-18-10/h4,6,8H,2-3,5,7H2,1H3/t8-/m0/s1. The van der Waals surface area contributed by atoms with E-state index < -0.39 is 0 Å². The number of carbonyl (C=O) groups is 2. The largest absolute Gasteiger partial charge is 0.469 e. The molecule has 2 rings (SSSR count). The summed E-state index contributed by atoms with van der Waals surface area (Å²) in [5, 5.41) is 1.87. The van der Waals surface area contributed by atoms with Crippen LogP contribution in [0.15, 0.2) is 15.9 Å². The number of piperidine rings is 1. The van der Waals surface area contributed by atoms with Crippen molar-refractivity contribution in [2.24, 2.45) is 5.92 Å². The molecule has 2 heterocycles. The van der Waals surface area contributed by atoms with Crippen molar-refractivity contribution in [3.8, 4) is 0 Å². The number of likely N-dealkylation sites (tertiary alicyclic amines) is 1. The molecule has 0 saturated carbocycles. The summed E-state index contributed by atoms with van der Waals surface area (Å²) in [6.45, 7) is 1.16. The summed E-state index contributed by atoms with van der Waals surface area (Å²) >= 11 is 4.77. The molecule has 1 aliphatic rings. The van der Waals surface area contributed by atoms with E-state index in [1.54, 1.807) is 4.90 Å². The Hall–Kier alpha value is -0.880. The van der Waals surface area contributed by atoms with Crippen LogP contribution in [0.5, 0.6) is 0 Å². The normalized spacial score (nSPS) is 19.7. The van der Waals surface area contributed by atoms with E-state index in [1.807, 2.05) is 11.4 Å². The number of halogens is 1. The molecule has 0 unspecified atom stereocenters. The number of carbonyl (C=O) groups excluding carboxylic acids is 2. The van der Waals surface area contributed by atoms with Gasteiger partial charge in [-0.15, -0.1) is 11.3 Å². The highest BCUT2D eigenvalue weighted by atomic mass is 79.9. The van der Waals surface area contributed by atoms with Crippen LogP contribution in [-0.2, 0) is 9.53 Å². The molecular weight excluding hydrogens is 318 g/mol. The van der Waals surface area contributed by atoms with Crippen molar-refractivity contribution in [2.45, 2.75) is 12.8 Å². The SMILES string of the molecule is COC(=O)[C@H]1CCCN(C(=O)c2sccc2Br)C1. The van der Waals surface area contributed by atoms with Gasteiger partial charge in [0.2, 0.25) is 0 Å². The minimum Gasteiger partial charge on any atom is -0.469 e. The van der Waals surface area contributed by atoms with Gasteiger partial charge < -0.3 is 9.64 Å². The molecule has 4 nitrogen and oxygen atoms in total. The highest BCUT2D eigenvalue weighted by Crippen LogP contribution is 2.26. The van der Waals surface area contributed by atoms with Gasteiger partial charge in [0.25, 0.3) is 5.91 Å². The Labute approximate surface area is 118 Å². The molecule has 98 valence electrons. The third kappa shape index (κ3) is 2.75. The Kier molecular flexibility index (Phi) is 4.40. The summed E-state index contributed by atoms with van der Waals surface area (Å²) in [5.41, 5.74) is 0. The van der Waals surface area contributed by atoms with Gasteiger partial charge in [-0.3, -0.25) is 9.59 Å². The molecule has 0 spiro atoms. The zero-order valence-electron chi connectivity index (χ0n) is 10.0. The van der Waals surface area contributed by atoms with Crippen molar-refractivity contribution in [1.29, 1.82) is 0 Å². The van der Waals surface area contributed by atoms with Crippen LogP contribution in [0, 0.1) is 5.92 Å². The van der Waals surface area contributed by atoms with Crippen LogP contribution in [0.25, 0.3) is 0 Å². The highest BCUT2D eigenvalue weighted by molar-refractivity contribution is 9.10. The van der Waals surface area contributed by atoms with E-state index >= 15 is 0 Å². The first-order valence-corrected chi connectivity index (χ1v) is 7.41. The summed E-state index contributed by atoms with van der Waals surface area (Å²) in [7, 11) is 1.39. The average Bonchev–Trinajstić information content (AvgIpc) is 2.83. The van der Waals surface area contributed by atoms with Crippen LogP contribution >= 0.6 is 27.3 Å². The Morgan fingerprint density at radius 3 is 2.94 bits per heavy atom. The summed E-state index contributed by atoms with van der Waals surface area (Å²) in [5.74, 6) is -0.422. The summed E-state index contributed by atoms with van der Waals surface area (Å²) < 4.78 is 5.57. The van der Waals surface area contributed by atoms with Gasteiger partial charge in [0, 0.05) is 17.6 Å². The number of ether oxygens (including phenoxy) is 1. The van der Waals surface area contributed by atoms with Gasteiger partial charge in [0.15, 0.2) is 0 Å². The molecule has 1 aliphatic heterocycles. The topological polar surface area (TPSA) is 46.6 Å². The number of nitrogens with zero attached hydrogens (tertiary/aromatic N) is 1. The molecule has 1 amide bonds. The third-order valence-corrected chi connectivity index (χ3v) is 4.88. The van der Waals surface area contributed by atoms with Crippen LogP contribution in [0.2, 0.25) is 0 Å². The van der Waals surface area contributed by atoms with Crippen molar-refractivity contribution < 1.29 is 14.3 Å². The molecule has 1 aromatic heterocycles. The third-order valence-electron chi connectivity index (χ3n) is 3.05. The zero-order valence-corrected chi connectivity index (χ0v) is 12.4. The maximum absolute atomic E-state index is 12.3. The number of hydrogen-bond donors (Lipinski definition) is 0. The molecule has 1 saturated heterocycles. The monoisotopic (exact) mass is 331 g/mol. The lowest BCUT2D eigenvalue weighted by Gasteiger charge is -2.31. The molecule has 0 bridgehead atoms. The first-order chi connectivity index (χ1) is 8.63. The number of rotatable bonds is 2. The number of esters is 1. The minimum absolute atomic E-state index is 0.00882. The minimum atomic E-state index is -0.224. The van der Waals surface area contributed by atoms with Gasteiger partial charge in [-0.05, 0) is 40.2 Å². The first kappa shape index (κ1) is 13.5. The maximum atomic E-state index is 12.3. The molecule has 0 radical (unpaired) electrons. The number of methoxy groups -OCH3 is 1. The summed E-state index contributed by atoms with van der Waals surface area (Å²) in [4.78, 5) is 26.2. The van der Waals surface area contributed by atoms with Gasteiger partial charge in [0.1, 0.15) is 4.88 Å². The molecule has 1 aromatic rings. The van der Waals surface area contributed by atoms with Crippen molar-refractivity contribution >= 4 is 39.1 Å².